The number of H-pyrrole nitrogens is 1. The molecule has 0 spiro atoms. The fourth-order valence-corrected chi connectivity index (χ4v) is 2.84. The summed E-state index contributed by atoms with van der Waals surface area (Å²) in [5.74, 6) is 1.04. The molecule has 0 aliphatic heterocycles. The number of aromatic nitrogens is 4. The molecule has 1 aliphatic carbocycles. The van der Waals surface area contributed by atoms with E-state index < -0.39 is 11.7 Å². The smallest absolute Gasteiger partial charge is 0.416 e. The summed E-state index contributed by atoms with van der Waals surface area (Å²) >= 11 is 0. The van der Waals surface area contributed by atoms with Gasteiger partial charge in [0, 0.05) is 6.07 Å². The Hall–Kier alpha value is -3.36. The summed E-state index contributed by atoms with van der Waals surface area (Å²) in [5, 5.41) is 2.94. The lowest BCUT2D eigenvalue weighted by atomic mass is 10.1. The number of hydrogen-bond acceptors (Lipinski definition) is 4. The molecule has 3 aromatic rings. The molecule has 2 aromatic heterocycles. The van der Waals surface area contributed by atoms with E-state index in [1.807, 2.05) is 18.2 Å². The van der Waals surface area contributed by atoms with Crippen molar-refractivity contribution in [3.63, 3.8) is 0 Å². The highest BCUT2D eigenvalue weighted by atomic mass is 19.4. The summed E-state index contributed by atoms with van der Waals surface area (Å²) < 4.78 is 44.5. The molecule has 0 unspecified atom stereocenters. The average molecular weight is 388 g/mol. The van der Waals surface area contributed by atoms with E-state index in [4.69, 9.17) is 4.74 Å². The summed E-state index contributed by atoms with van der Waals surface area (Å²) in [4.78, 5) is 21.0. The van der Waals surface area contributed by atoms with E-state index >= 15 is 0 Å². The quantitative estimate of drug-likeness (QED) is 0.739. The predicted octanol–water partition coefficient (Wildman–Crippen LogP) is 3.75. The van der Waals surface area contributed by atoms with Gasteiger partial charge in [0.1, 0.15) is 12.4 Å². The van der Waals surface area contributed by atoms with Gasteiger partial charge in [-0.15, -0.1) is 0 Å². The average Bonchev–Trinajstić information content (AvgIpc) is 3.12. The Morgan fingerprint density at radius 2 is 1.96 bits per heavy atom. The van der Waals surface area contributed by atoms with Crippen LogP contribution in [-0.4, -0.2) is 19.6 Å². The van der Waals surface area contributed by atoms with E-state index in [2.05, 4.69) is 15.1 Å². The molecule has 0 saturated heterocycles. The molecule has 1 N–H and O–H groups in total. The van der Waals surface area contributed by atoms with E-state index in [-0.39, 0.29) is 23.7 Å². The van der Waals surface area contributed by atoms with Crippen molar-refractivity contribution < 1.29 is 17.9 Å². The Morgan fingerprint density at radius 1 is 1.18 bits per heavy atom. The van der Waals surface area contributed by atoms with Crippen LogP contribution in [0.2, 0.25) is 0 Å². The highest BCUT2D eigenvalue weighted by Crippen LogP contribution is 2.30. The van der Waals surface area contributed by atoms with Gasteiger partial charge in [-0.25, -0.2) is 4.98 Å². The van der Waals surface area contributed by atoms with Crippen molar-refractivity contribution in [2.75, 3.05) is 0 Å². The van der Waals surface area contributed by atoms with Gasteiger partial charge in [-0.05, 0) is 42.7 Å². The van der Waals surface area contributed by atoms with E-state index in [1.54, 1.807) is 0 Å². The number of fused-ring (bicyclic) bond motifs is 1. The molecule has 28 heavy (non-hydrogen) atoms. The van der Waals surface area contributed by atoms with Gasteiger partial charge in [0.25, 0.3) is 11.3 Å². The van der Waals surface area contributed by atoms with E-state index in [1.165, 1.54) is 22.7 Å². The van der Waals surface area contributed by atoms with Crippen LogP contribution in [0.5, 0.6) is 5.75 Å². The number of rotatable bonds is 4. The van der Waals surface area contributed by atoms with Crippen LogP contribution in [0.25, 0.3) is 11.4 Å². The number of alkyl halides is 3. The number of halogens is 3. The van der Waals surface area contributed by atoms with Crippen molar-refractivity contribution in [3.8, 4) is 5.75 Å². The van der Waals surface area contributed by atoms with Crippen LogP contribution < -0.4 is 10.3 Å². The molecule has 4 rings (SSSR count). The normalized spacial score (nSPS) is 14.3. The largest absolute Gasteiger partial charge is 0.487 e. The van der Waals surface area contributed by atoms with Crippen LogP contribution in [0.3, 0.4) is 0 Å². The van der Waals surface area contributed by atoms with Gasteiger partial charge in [0.15, 0.2) is 5.82 Å². The Labute approximate surface area is 157 Å². The van der Waals surface area contributed by atoms with E-state index in [9.17, 15) is 18.0 Å². The van der Waals surface area contributed by atoms with Crippen LogP contribution in [0, 0.1) is 0 Å². The fourth-order valence-electron chi connectivity index (χ4n) is 2.84. The molecule has 0 amide bonds. The van der Waals surface area contributed by atoms with Gasteiger partial charge in [0.2, 0.25) is 0 Å². The maximum atomic E-state index is 12.6. The van der Waals surface area contributed by atoms with Gasteiger partial charge in [-0.3, -0.25) is 9.89 Å². The summed E-state index contributed by atoms with van der Waals surface area (Å²) in [7, 11) is 0. The first-order valence-electron chi connectivity index (χ1n) is 8.55. The lowest BCUT2D eigenvalue weighted by molar-refractivity contribution is -0.137. The summed E-state index contributed by atoms with van der Waals surface area (Å²) in [5.41, 5.74) is 0.214. The zero-order chi connectivity index (χ0) is 19.7. The van der Waals surface area contributed by atoms with Gasteiger partial charge >= 0.3 is 6.18 Å². The Bertz CT molecular complexity index is 1120. The van der Waals surface area contributed by atoms with Crippen LogP contribution in [-0.2, 0) is 12.8 Å². The maximum Gasteiger partial charge on any atom is 0.416 e. The van der Waals surface area contributed by atoms with Crippen LogP contribution in [0.1, 0.15) is 29.9 Å². The zero-order valence-electron chi connectivity index (χ0n) is 14.5. The lowest BCUT2D eigenvalue weighted by Crippen LogP contribution is -2.16. The minimum absolute atomic E-state index is 0.0647. The highest BCUT2D eigenvalue weighted by Gasteiger charge is 2.30. The van der Waals surface area contributed by atoms with Gasteiger partial charge < -0.3 is 4.74 Å². The van der Waals surface area contributed by atoms with E-state index in [0.717, 1.165) is 30.5 Å². The minimum Gasteiger partial charge on any atom is -0.487 e. The summed E-state index contributed by atoms with van der Waals surface area (Å²) in [6.07, 6.45) is 3.23. The number of benzene rings is 1. The number of allylic oxidation sites excluding steroid dienone is 4. The summed E-state index contributed by atoms with van der Waals surface area (Å²) in [6.45, 7) is -0.0647. The predicted molar refractivity (Wildman–Crippen MR) is 95.7 cm³/mol. The van der Waals surface area contributed by atoms with Crippen molar-refractivity contribution in [2.24, 2.45) is 0 Å². The Kier molecular flexibility index (Phi) is 4.50. The third kappa shape index (κ3) is 3.68. The Balaban J connectivity index is 1.53. The molecule has 0 atom stereocenters. The Morgan fingerprint density at radius 3 is 2.64 bits per heavy atom. The molecule has 1 aliphatic rings. The number of hydrogen-bond donors (Lipinski definition) is 1. The zero-order valence-corrected chi connectivity index (χ0v) is 14.5. The van der Waals surface area contributed by atoms with Crippen LogP contribution >= 0.6 is 0 Å². The fraction of sp³-hybridized carbons (Fsp3) is 0.211. The summed E-state index contributed by atoms with van der Waals surface area (Å²) in [6, 6.07) is 5.63. The topological polar surface area (TPSA) is 72.3 Å². The third-order valence-electron chi connectivity index (χ3n) is 4.27. The molecule has 1 aromatic carbocycles. The van der Waals surface area contributed by atoms with Crippen molar-refractivity contribution in [1.82, 2.24) is 19.6 Å². The molecule has 9 heteroatoms. The van der Waals surface area contributed by atoms with Crippen molar-refractivity contribution in [3.05, 3.63) is 76.0 Å². The van der Waals surface area contributed by atoms with Gasteiger partial charge in [0.05, 0.1) is 11.3 Å². The molecule has 6 nitrogen and oxygen atoms in total. The van der Waals surface area contributed by atoms with Crippen LogP contribution in [0.4, 0.5) is 13.2 Å². The van der Waals surface area contributed by atoms with Crippen LogP contribution in [0.15, 0.2) is 53.4 Å². The monoisotopic (exact) mass is 388 g/mol. The lowest BCUT2D eigenvalue weighted by Gasteiger charge is -2.08. The first kappa shape index (κ1) is 18.0. The van der Waals surface area contributed by atoms with Crippen molar-refractivity contribution in [2.45, 2.75) is 25.6 Å². The van der Waals surface area contributed by atoms with Crippen molar-refractivity contribution >= 4 is 11.4 Å². The molecule has 0 saturated carbocycles. The first-order valence-corrected chi connectivity index (χ1v) is 8.55. The number of aromatic amines is 1. The standard InChI is InChI=1S/C19H15F3N4O2/c20-19(21,22)13-6-8-15(9-7-13)28-11-14-10-16(27)26-18(23-14)24-17(25-26)12-4-2-1-3-5-12/h1-2,4,6-10H,3,5,11H2,(H,23,24,25). The van der Waals surface area contributed by atoms with Crippen molar-refractivity contribution in [1.29, 1.82) is 0 Å². The number of nitrogens with zero attached hydrogens (tertiary/aromatic N) is 3. The highest BCUT2D eigenvalue weighted by molar-refractivity contribution is 5.63. The number of nitrogens with one attached hydrogen (secondary N) is 1. The maximum absolute atomic E-state index is 12.6. The minimum atomic E-state index is -4.40. The third-order valence-corrected chi connectivity index (χ3v) is 4.27. The molecular formula is C19H15F3N4O2. The molecule has 2 heterocycles. The second kappa shape index (κ2) is 6.99. The molecule has 0 fully saturated rings. The molecular weight excluding hydrogens is 373 g/mol. The molecule has 144 valence electrons. The van der Waals surface area contributed by atoms with E-state index in [0.29, 0.717) is 11.5 Å². The number of ether oxygens (including phenoxy) is 1. The SMILES string of the molecule is O=c1cc(COc2ccc(C(F)(F)F)cc2)nc2nc(C3=CC=CCC3)[nH]n12. The molecule has 0 bridgehead atoms. The second-order valence-corrected chi connectivity index (χ2v) is 6.26. The van der Waals surface area contributed by atoms with Gasteiger partial charge in [-0.2, -0.15) is 22.7 Å². The van der Waals surface area contributed by atoms with Gasteiger partial charge in [-0.1, -0.05) is 18.2 Å². The first-order chi connectivity index (χ1) is 13.4. The second-order valence-electron chi connectivity index (χ2n) is 6.26. The molecule has 0 radical (unpaired) electrons.